The molecule has 0 atom stereocenters. The first-order valence-electron chi connectivity index (χ1n) is 15.0. The predicted molar refractivity (Wildman–Crippen MR) is 189 cm³/mol. The molecule has 0 amide bonds. The molecule has 0 spiro atoms. The Kier molecular flexibility index (Phi) is 6.00. The van der Waals surface area contributed by atoms with E-state index in [1.54, 1.807) is 0 Å². The van der Waals surface area contributed by atoms with E-state index < -0.39 is 0 Å². The van der Waals surface area contributed by atoms with Crippen LogP contribution in [0.2, 0.25) is 0 Å². The standard InChI is InChI=1S/C41H25N3S/c1-3-10-26(11-4-1)30-14-9-15-31(24-30)40-42-39(29-12-5-2-6-13-29)43-41(44-40)32-21-19-27-18-20-28-22-23-34-33-16-7-8-17-36(33)45-38(34)37(28)35(27)25-32/h1-25H. The van der Waals surface area contributed by atoms with E-state index in [1.165, 1.54) is 41.7 Å². The van der Waals surface area contributed by atoms with Gasteiger partial charge in [-0.3, -0.25) is 0 Å². The van der Waals surface area contributed by atoms with Gasteiger partial charge in [0.05, 0.1) is 0 Å². The first-order chi connectivity index (χ1) is 22.3. The van der Waals surface area contributed by atoms with Gasteiger partial charge in [-0.25, -0.2) is 15.0 Å². The fraction of sp³-hybridized carbons (Fsp3) is 0. The van der Waals surface area contributed by atoms with Crippen LogP contribution in [0, 0.1) is 0 Å². The number of nitrogens with zero attached hydrogens (tertiary/aromatic N) is 3. The Morgan fingerprint density at radius 1 is 0.356 bits per heavy atom. The molecule has 0 N–H and O–H groups in total. The molecule has 2 aromatic heterocycles. The maximum atomic E-state index is 5.10. The molecule has 9 aromatic rings. The first kappa shape index (κ1) is 25.8. The molecule has 210 valence electrons. The molecule has 0 radical (unpaired) electrons. The number of benzene rings is 7. The Labute approximate surface area is 264 Å². The topological polar surface area (TPSA) is 38.7 Å². The van der Waals surface area contributed by atoms with Crippen LogP contribution < -0.4 is 0 Å². The Morgan fingerprint density at radius 3 is 1.73 bits per heavy atom. The van der Waals surface area contributed by atoms with Crippen LogP contribution in [-0.2, 0) is 0 Å². The van der Waals surface area contributed by atoms with Crippen molar-refractivity contribution in [3.05, 3.63) is 152 Å². The minimum Gasteiger partial charge on any atom is -0.208 e. The second kappa shape index (κ2) is 10.5. The maximum absolute atomic E-state index is 5.10. The largest absolute Gasteiger partial charge is 0.208 e. The number of aromatic nitrogens is 3. The van der Waals surface area contributed by atoms with Gasteiger partial charge in [-0.05, 0) is 45.5 Å². The summed E-state index contributed by atoms with van der Waals surface area (Å²) >= 11 is 1.87. The van der Waals surface area contributed by atoms with Gasteiger partial charge in [0, 0.05) is 42.2 Å². The summed E-state index contributed by atoms with van der Waals surface area (Å²) < 4.78 is 2.62. The fourth-order valence-corrected chi connectivity index (χ4v) is 7.55. The molecule has 0 bridgehead atoms. The number of fused-ring (bicyclic) bond motifs is 7. The molecule has 0 saturated carbocycles. The van der Waals surface area contributed by atoms with Crippen molar-refractivity contribution in [1.29, 1.82) is 0 Å². The molecule has 0 aliphatic carbocycles. The maximum Gasteiger partial charge on any atom is 0.164 e. The second-order valence-electron chi connectivity index (χ2n) is 11.3. The van der Waals surface area contributed by atoms with Crippen molar-refractivity contribution in [1.82, 2.24) is 15.0 Å². The average molecular weight is 592 g/mol. The molecule has 0 aliphatic heterocycles. The van der Waals surface area contributed by atoms with Crippen LogP contribution >= 0.6 is 11.3 Å². The third-order valence-corrected chi connectivity index (χ3v) is 9.70. The van der Waals surface area contributed by atoms with Gasteiger partial charge in [0.2, 0.25) is 0 Å². The molecule has 4 heteroatoms. The van der Waals surface area contributed by atoms with Crippen LogP contribution in [0.4, 0.5) is 0 Å². The predicted octanol–water partition coefficient (Wildman–Crippen LogP) is 11.2. The Hall–Kier alpha value is -5.71. The third-order valence-electron chi connectivity index (χ3n) is 8.50. The van der Waals surface area contributed by atoms with Gasteiger partial charge in [-0.15, -0.1) is 11.3 Å². The Bertz CT molecular complexity index is 2540. The summed E-state index contributed by atoms with van der Waals surface area (Å²) in [5.74, 6) is 1.97. The molecular formula is C41H25N3S. The molecule has 0 fully saturated rings. The van der Waals surface area contributed by atoms with Gasteiger partial charge in [0.15, 0.2) is 17.5 Å². The monoisotopic (exact) mass is 591 g/mol. The van der Waals surface area contributed by atoms with E-state index in [9.17, 15) is 0 Å². The van der Waals surface area contributed by atoms with Gasteiger partial charge in [-0.1, -0.05) is 133 Å². The molecule has 2 heterocycles. The summed E-state index contributed by atoms with van der Waals surface area (Å²) in [6.07, 6.45) is 0. The number of rotatable bonds is 4. The van der Waals surface area contributed by atoms with Crippen molar-refractivity contribution in [2.24, 2.45) is 0 Å². The molecule has 3 nitrogen and oxygen atoms in total. The van der Waals surface area contributed by atoms with E-state index in [4.69, 9.17) is 15.0 Å². The van der Waals surface area contributed by atoms with Crippen LogP contribution in [0.1, 0.15) is 0 Å². The zero-order valence-corrected chi connectivity index (χ0v) is 25.0. The lowest BCUT2D eigenvalue weighted by Gasteiger charge is -2.11. The first-order valence-corrected chi connectivity index (χ1v) is 15.8. The van der Waals surface area contributed by atoms with E-state index >= 15 is 0 Å². The van der Waals surface area contributed by atoms with Gasteiger partial charge >= 0.3 is 0 Å². The Balaban J connectivity index is 1.27. The van der Waals surface area contributed by atoms with Crippen molar-refractivity contribution in [2.75, 3.05) is 0 Å². The fourth-order valence-electron chi connectivity index (χ4n) is 6.28. The highest BCUT2D eigenvalue weighted by Crippen LogP contribution is 2.41. The van der Waals surface area contributed by atoms with Crippen LogP contribution in [0.3, 0.4) is 0 Å². The average Bonchev–Trinajstić information content (AvgIpc) is 3.51. The van der Waals surface area contributed by atoms with Crippen molar-refractivity contribution < 1.29 is 0 Å². The lowest BCUT2D eigenvalue weighted by atomic mass is 9.98. The third kappa shape index (κ3) is 4.46. The van der Waals surface area contributed by atoms with E-state index in [2.05, 4.69) is 127 Å². The highest BCUT2D eigenvalue weighted by atomic mass is 32.1. The SMILES string of the molecule is c1ccc(-c2cccc(-c3nc(-c4ccccc4)nc(-c4ccc5ccc6ccc7c8ccccc8sc7c6c5c4)n3)c2)cc1. The van der Waals surface area contributed by atoms with E-state index in [-0.39, 0.29) is 0 Å². The molecule has 0 saturated heterocycles. The van der Waals surface area contributed by atoms with Crippen molar-refractivity contribution >= 4 is 53.1 Å². The summed E-state index contributed by atoms with van der Waals surface area (Å²) in [4.78, 5) is 15.1. The molecular weight excluding hydrogens is 567 g/mol. The molecule has 0 aliphatic rings. The van der Waals surface area contributed by atoms with Crippen LogP contribution in [-0.4, -0.2) is 15.0 Å². The van der Waals surface area contributed by atoms with Crippen LogP contribution in [0.15, 0.2) is 152 Å². The summed E-state index contributed by atoms with van der Waals surface area (Å²) in [5.41, 5.74) is 5.16. The van der Waals surface area contributed by atoms with E-state index in [0.717, 1.165) is 27.8 Å². The van der Waals surface area contributed by atoms with Gasteiger partial charge < -0.3 is 0 Å². The molecule has 45 heavy (non-hydrogen) atoms. The summed E-state index contributed by atoms with van der Waals surface area (Å²) in [7, 11) is 0. The van der Waals surface area contributed by atoms with Crippen LogP contribution in [0.5, 0.6) is 0 Å². The van der Waals surface area contributed by atoms with Gasteiger partial charge in [-0.2, -0.15) is 0 Å². The second-order valence-corrected chi connectivity index (χ2v) is 12.3. The lowest BCUT2D eigenvalue weighted by Crippen LogP contribution is -2.00. The summed E-state index contributed by atoms with van der Waals surface area (Å²) in [6.45, 7) is 0. The minimum absolute atomic E-state index is 0.654. The Morgan fingerprint density at radius 2 is 0.933 bits per heavy atom. The highest BCUT2D eigenvalue weighted by molar-refractivity contribution is 7.26. The summed E-state index contributed by atoms with van der Waals surface area (Å²) in [6, 6.07) is 53.2. The van der Waals surface area contributed by atoms with Crippen molar-refractivity contribution in [3.8, 4) is 45.3 Å². The normalized spacial score (nSPS) is 11.6. The zero-order chi connectivity index (χ0) is 29.7. The quantitative estimate of drug-likeness (QED) is 0.191. The molecule has 7 aromatic carbocycles. The smallest absolute Gasteiger partial charge is 0.164 e. The van der Waals surface area contributed by atoms with Gasteiger partial charge in [0.25, 0.3) is 0 Å². The molecule has 0 unspecified atom stereocenters. The van der Waals surface area contributed by atoms with E-state index in [1.807, 2.05) is 35.6 Å². The number of thiophene rings is 1. The number of hydrogen-bond donors (Lipinski definition) is 0. The highest BCUT2D eigenvalue weighted by Gasteiger charge is 2.15. The molecule has 9 rings (SSSR count). The van der Waals surface area contributed by atoms with Crippen molar-refractivity contribution in [3.63, 3.8) is 0 Å². The lowest BCUT2D eigenvalue weighted by molar-refractivity contribution is 1.07. The van der Waals surface area contributed by atoms with Crippen LogP contribution in [0.25, 0.3) is 87.0 Å². The number of hydrogen-bond acceptors (Lipinski definition) is 4. The minimum atomic E-state index is 0.654. The van der Waals surface area contributed by atoms with Crippen molar-refractivity contribution in [2.45, 2.75) is 0 Å². The zero-order valence-electron chi connectivity index (χ0n) is 24.2. The van der Waals surface area contributed by atoms with E-state index in [0.29, 0.717) is 17.5 Å². The van der Waals surface area contributed by atoms with Gasteiger partial charge in [0.1, 0.15) is 0 Å². The summed E-state index contributed by atoms with van der Waals surface area (Å²) in [5, 5.41) is 7.52.